The number of halogens is 1. The smallest absolute Gasteiger partial charge is 0.240 e. The molecule has 6 heteroatoms. The lowest BCUT2D eigenvalue weighted by atomic mass is 10.2. The summed E-state index contributed by atoms with van der Waals surface area (Å²) in [7, 11) is -3.42. The van der Waals surface area contributed by atoms with Gasteiger partial charge in [0.25, 0.3) is 0 Å². The molecule has 0 aliphatic heterocycles. The van der Waals surface area contributed by atoms with Crippen LogP contribution in [0.4, 0.5) is 0 Å². The molecule has 1 rings (SSSR count). The van der Waals surface area contributed by atoms with E-state index in [-0.39, 0.29) is 4.90 Å². The molecule has 0 atom stereocenters. The zero-order chi connectivity index (χ0) is 13.8. The summed E-state index contributed by atoms with van der Waals surface area (Å²) in [5.74, 6) is 0. The standard InChI is InChI=1S/C12H19ClN2O2S/c1-4-15-18(16,17)11-5-6-12(13)10(7-11)8-14-9(2)3/h5-7,9,14-15H,4,8H2,1-3H3. The van der Waals surface area contributed by atoms with E-state index in [0.717, 1.165) is 5.56 Å². The molecular formula is C12H19ClN2O2S. The zero-order valence-electron chi connectivity index (χ0n) is 10.8. The third kappa shape index (κ3) is 4.24. The van der Waals surface area contributed by atoms with Crippen LogP contribution in [0.3, 0.4) is 0 Å². The van der Waals surface area contributed by atoms with Crippen LogP contribution in [0.5, 0.6) is 0 Å². The summed E-state index contributed by atoms with van der Waals surface area (Å²) in [6, 6.07) is 5.05. The molecule has 0 aliphatic carbocycles. The highest BCUT2D eigenvalue weighted by Crippen LogP contribution is 2.20. The number of hydrogen-bond acceptors (Lipinski definition) is 3. The van der Waals surface area contributed by atoms with Crippen LogP contribution in [0.15, 0.2) is 23.1 Å². The fourth-order valence-electron chi connectivity index (χ4n) is 1.44. The lowest BCUT2D eigenvalue weighted by Crippen LogP contribution is -2.24. The molecule has 0 heterocycles. The summed E-state index contributed by atoms with van der Waals surface area (Å²) < 4.78 is 26.2. The molecule has 0 fully saturated rings. The van der Waals surface area contributed by atoms with E-state index in [1.165, 1.54) is 6.07 Å². The maximum Gasteiger partial charge on any atom is 0.240 e. The third-order valence-corrected chi connectivity index (χ3v) is 4.27. The van der Waals surface area contributed by atoms with Gasteiger partial charge in [0, 0.05) is 24.2 Å². The largest absolute Gasteiger partial charge is 0.310 e. The summed E-state index contributed by atoms with van der Waals surface area (Å²) in [6.07, 6.45) is 0. The molecule has 18 heavy (non-hydrogen) atoms. The Morgan fingerprint density at radius 2 is 2.00 bits per heavy atom. The van der Waals surface area contributed by atoms with Crippen molar-refractivity contribution in [3.8, 4) is 0 Å². The summed E-state index contributed by atoms with van der Waals surface area (Å²) in [6.45, 7) is 6.70. The van der Waals surface area contributed by atoms with Gasteiger partial charge >= 0.3 is 0 Å². The molecule has 0 aliphatic rings. The fourth-order valence-corrected chi connectivity index (χ4v) is 2.72. The second kappa shape index (κ2) is 6.52. The van der Waals surface area contributed by atoms with E-state index in [1.807, 2.05) is 13.8 Å². The first kappa shape index (κ1) is 15.4. The molecule has 0 aromatic heterocycles. The number of benzene rings is 1. The highest BCUT2D eigenvalue weighted by Gasteiger charge is 2.14. The second-order valence-electron chi connectivity index (χ2n) is 4.29. The predicted octanol–water partition coefficient (Wildman–Crippen LogP) is 2.14. The molecule has 1 aromatic rings. The minimum atomic E-state index is -3.42. The maximum atomic E-state index is 11.9. The lowest BCUT2D eigenvalue weighted by molar-refractivity contribution is 0.581. The first-order valence-corrected chi connectivity index (χ1v) is 7.74. The summed E-state index contributed by atoms with van der Waals surface area (Å²) in [4.78, 5) is 0.245. The van der Waals surface area contributed by atoms with Gasteiger partial charge in [0.15, 0.2) is 0 Å². The average Bonchev–Trinajstić information content (AvgIpc) is 2.27. The Hall–Kier alpha value is -0.620. The monoisotopic (exact) mass is 290 g/mol. The Bertz CT molecular complexity index is 501. The van der Waals surface area contributed by atoms with Crippen molar-refractivity contribution in [3.63, 3.8) is 0 Å². The molecule has 0 unspecified atom stereocenters. The van der Waals surface area contributed by atoms with Gasteiger partial charge in [0.05, 0.1) is 4.90 Å². The summed E-state index contributed by atoms with van der Waals surface area (Å²) in [5, 5.41) is 3.78. The molecule has 0 saturated heterocycles. The van der Waals surface area contributed by atoms with Crippen LogP contribution in [-0.4, -0.2) is 21.0 Å². The first-order chi connectivity index (χ1) is 8.36. The van der Waals surface area contributed by atoms with Crippen LogP contribution in [0.1, 0.15) is 26.3 Å². The molecule has 1 aromatic carbocycles. The Labute approximate surface area is 114 Å². The normalized spacial score (nSPS) is 12.1. The summed E-state index contributed by atoms with van der Waals surface area (Å²) >= 11 is 6.05. The van der Waals surface area contributed by atoms with E-state index < -0.39 is 10.0 Å². The van der Waals surface area contributed by atoms with Crippen molar-refractivity contribution in [3.05, 3.63) is 28.8 Å². The van der Waals surface area contributed by atoms with Crippen molar-refractivity contribution in [1.29, 1.82) is 0 Å². The van der Waals surface area contributed by atoms with Crippen molar-refractivity contribution in [2.75, 3.05) is 6.54 Å². The minimum Gasteiger partial charge on any atom is -0.310 e. The van der Waals surface area contributed by atoms with Gasteiger partial charge in [-0.05, 0) is 23.8 Å². The van der Waals surface area contributed by atoms with Crippen LogP contribution < -0.4 is 10.0 Å². The molecule has 102 valence electrons. The van der Waals surface area contributed by atoms with Gasteiger partial charge in [-0.25, -0.2) is 13.1 Å². The molecule has 0 spiro atoms. The average molecular weight is 291 g/mol. The topological polar surface area (TPSA) is 58.2 Å². The van der Waals surface area contributed by atoms with E-state index in [9.17, 15) is 8.42 Å². The van der Waals surface area contributed by atoms with Crippen LogP contribution in [0.2, 0.25) is 5.02 Å². The fraction of sp³-hybridized carbons (Fsp3) is 0.500. The van der Waals surface area contributed by atoms with Crippen molar-refractivity contribution >= 4 is 21.6 Å². The van der Waals surface area contributed by atoms with Crippen molar-refractivity contribution in [2.24, 2.45) is 0 Å². The summed E-state index contributed by atoms with van der Waals surface area (Å²) in [5.41, 5.74) is 0.782. The molecule has 4 nitrogen and oxygen atoms in total. The number of nitrogens with one attached hydrogen (secondary N) is 2. The number of hydrogen-bond donors (Lipinski definition) is 2. The quantitative estimate of drug-likeness (QED) is 0.844. The van der Waals surface area contributed by atoms with E-state index in [4.69, 9.17) is 11.6 Å². The van der Waals surface area contributed by atoms with Gasteiger partial charge in [0.2, 0.25) is 10.0 Å². The molecule has 0 radical (unpaired) electrons. The van der Waals surface area contributed by atoms with Gasteiger partial charge in [-0.15, -0.1) is 0 Å². The van der Waals surface area contributed by atoms with Gasteiger partial charge < -0.3 is 5.32 Å². The van der Waals surface area contributed by atoms with Crippen LogP contribution >= 0.6 is 11.6 Å². The van der Waals surface area contributed by atoms with Crippen LogP contribution in [0.25, 0.3) is 0 Å². The number of rotatable bonds is 6. The maximum absolute atomic E-state index is 11.9. The third-order valence-electron chi connectivity index (χ3n) is 2.36. The Balaban J connectivity index is 3.00. The van der Waals surface area contributed by atoms with E-state index in [2.05, 4.69) is 10.0 Å². The Kier molecular flexibility index (Phi) is 5.59. The van der Waals surface area contributed by atoms with E-state index >= 15 is 0 Å². The number of sulfonamides is 1. The SMILES string of the molecule is CCNS(=O)(=O)c1ccc(Cl)c(CNC(C)C)c1. The van der Waals surface area contributed by atoms with Crippen molar-refractivity contribution < 1.29 is 8.42 Å². The van der Waals surface area contributed by atoms with Crippen molar-refractivity contribution in [2.45, 2.75) is 38.3 Å². The lowest BCUT2D eigenvalue weighted by Gasteiger charge is -2.11. The van der Waals surface area contributed by atoms with Crippen molar-refractivity contribution in [1.82, 2.24) is 10.0 Å². The zero-order valence-corrected chi connectivity index (χ0v) is 12.4. The van der Waals surface area contributed by atoms with Gasteiger partial charge in [-0.2, -0.15) is 0 Å². The second-order valence-corrected chi connectivity index (χ2v) is 6.46. The van der Waals surface area contributed by atoms with Crippen LogP contribution in [0, 0.1) is 0 Å². The Morgan fingerprint density at radius 3 is 2.56 bits per heavy atom. The molecule has 0 bridgehead atoms. The van der Waals surface area contributed by atoms with Gasteiger partial charge in [-0.1, -0.05) is 32.4 Å². The molecule has 0 saturated carbocycles. The molecular weight excluding hydrogens is 272 g/mol. The minimum absolute atomic E-state index is 0.245. The highest BCUT2D eigenvalue weighted by atomic mass is 35.5. The van der Waals surface area contributed by atoms with Gasteiger partial charge in [-0.3, -0.25) is 0 Å². The van der Waals surface area contributed by atoms with E-state index in [1.54, 1.807) is 19.1 Å². The Morgan fingerprint density at radius 1 is 1.33 bits per heavy atom. The highest BCUT2D eigenvalue weighted by molar-refractivity contribution is 7.89. The molecule has 2 N–H and O–H groups in total. The van der Waals surface area contributed by atoms with Crippen LogP contribution in [-0.2, 0) is 16.6 Å². The predicted molar refractivity (Wildman–Crippen MR) is 74.3 cm³/mol. The van der Waals surface area contributed by atoms with E-state index in [0.29, 0.717) is 24.2 Å². The first-order valence-electron chi connectivity index (χ1n) is 5.88. The van der Waals surface area contributed by atoms with Gasteiger partial charge in [0.1, 0.15) is 0 Å². The molecule has 0 amide bonds.